The van der Waals surface area contributed by atoms with E-state index in [0.717, 1.165) is 0 Å². The molecule has 0 saturated carbocycles. The molecule has 0 radical (unpaired) electrons. The smallest absolute Gasteiger partial charge is 0.319 e. The Hall–Kier alpha value is -1.46. The minimum absolute atomic E-state index is 0.104. The zero-order valence-electron chi connectivity index (χ0n) is 9.63. The molecule has 0 spiro atoms. The normalized spacial score (nSPS) is 9.72. The van der Waals surface area contributed by atoms with Crippen LogP contribution in [0, 0.1) is 0 Å². The number of hydrogen-bond donors (Lipinski definition) is 2. The van der Waals surface area contributed by atoms with E-state index >= 15 is 0 Å². The largest absolute Gasteiger partial charge is 0.469 e. The average Bonchev–Trinajstić information content (AvgIpc) is 2.33. The molecule has 0 saturated heterocycles. The van der Waals surface area contributed by atoms with Crippen molar-refractivity contribution in [1.29, 1.82) is 0 Å². The number of amides is 2. The molecule has 5 nitrogen and oxygen atoms in total. The third kappa shape index (κ3) is 4.81. The number of benzene rings is 1. The highest BCUT2D eigenvalue weighted by Crippen LogP contribution is 2.25. The second-order valence-corrected chi connectivity index (χ2v) is 4.17. The van der Waals surface area contributed by atoms with Gasteiger partial charge in [-0.15, -0.1) is 0 Å². The van der Waals surface area contributed by atoms with Gasteiger partial charge in [-0.3, -0.25) is 4.79 Å². The van der Waals surface area contributed by atoms with Crippen molar-refractivity contribution in [2.24, 2.45) is 0 Å². The van der Waals surface area contributed by atoms with Gasteiger partial charge in [0.1, 0.15) is 0 Å². The molecule has 0 aliphatic rings. The summed E-state index contributed by atoms with van der Waals surface area (Å²) in [4.78, 5) is 22.3. The van der Waals surface area contributed by atoms with E-state index in [2.05, 4.69) is 15.4 Å². The molecule has 98 valence electrons. The summed E-state index contributed by atoms with van der Waals surface area (Å²) < 4.78 is 4.44. The van der Waals surface area contributed by atoms with Crippen LogP contribution in [0.1, 0.15) is 6.42 Å². The third-order valence-corrected chi connectivity index (χ3v) is 2.58. The number of ether oxygens (including phenoxy) is 1. The maximum absolute atomic E-state index is 11.5. The first-order valence-electron chi connectivity index (χ1n) is 5.09. The van der Waals surface area contributed by atoms with Gasteiger partial charge in [0, 0.05) is 11.6 Å². The van der Waals surface area contributed by atoms with E-state index in [1.165, 1.54) is 13.2 Å². The van der Waals surface area contributed by atoms with Crippen LogP contribution in [0.25, 0.3) is 0 Å². The second kappa shape index (κ2) is 7.08. The van der Waals surface area contributed by atoms with Crippen LogP contribution in [0.15, 0.2) is 18.2 Å². The number of methoxy groups -OCH3 is 1. The molecule has 1 aromatic carbocycles. The molecular formula is C11H12Cl2N2O3. The molecule has 0 fully saturated rings. The van der Waals surface area contributed by atoms with Crippen molar-refractivity contribution in [3.63, 3.8) is 0 Å². The molecule has 2 N–H and O–H groups in total. The Morgan fingerprint density at radius 3 is 2.72 bits per heavy atom. The second-order valence-electron chi connectivity index (χ2n) is 3.33. The molecule has 0 aliphatic heterocycles. The highest BCUT2D eigenvalue weighted by atomic mass is 35.5. The summed E-state index contributed by atoms with van der Waals surface area (Å²) in [5, 5.41) is 5.85. The lowest BCUT2D eigenvalue weighted by molar-refractivity contribution is -0.140. The van der Waals surface area contributed by atoms with Gasteiger partial charge in [0.05, 0.1) is 24.2 Å². The third-order valence-electron chi connectivity index (χ3n) is 2.02. The van der Waals surface area contributed by atoms with Crippen molar-refractivity contribution in [3.8, 4) is 0 Å². The van der Waals surface area contributed by atoms with Crippen LogP contribution in [-0.2, 0) is 9.53 Å². The summed E-state index contributed by atoms with van der Waals surface area (Å²) in [6.07, 6.45) is 0.104. The van der Waals surface area contributed by atoms with Crippen molar-refractivity contribution in [2.75, 3.05) is 19.0 Å². The minimum Gasteiger partial charge on any atom is -0.469 e. The lowest BCUT2D eigenvalue weighted by atomic mass is 10.3. The number of urea groups is 1. The number of rotatable bonds is 4. The fraction of sp³-hybridized carbons (Fsp3) is 0.273. The minimum atomic E-state index is -0.469. The topological polar surface area (TPSA) is 67.4 Å². The maximum atomic E-state index is 11.5. The predicted octanol–water partition coefficient (Wildman–Crippen LogP) is 2.68. The van der Waals surface area contributed by atoms with E-state index in [1.54, 1.807) is 12.1 Å². The van der Waals surface area contributed by atoms with Crippen molar-refractivity contribution in [3.05, 3.63) is 28.2 Å². The summed E-state index contributed by atoms with van der Waals surface area (Å²) in [5.74, 6) is -0.393. The molecular weight excluding hydrogens is 279 g/mol. The van der Waals surface area contributed by atoms with E-state index in [4.69, 9.17) is 23.2 Å². The molecule has 1 rings (SSSR count). The summed E-state index contributed by atoms with van der Waals surface area (Å²) >= 11 is 11.6. The Morgan fingerprint density at radius 2 is 2.06 bits per heavy atom. The van der Waals surface area contributed by atoms with Crippen LogP contribution in [0.5, 0.6) is 0 Å². The summed E-state index contributed by atoms with van der Waals surface area (Å²) in [7, 11) is 1.29. The number of carbonyl (C=O) groups excluding carboxylic acids is 2. The highest BCUT2D eigenvalue weighted by Gasteiger charge is 2.07. The lowest BCUT2D eigenvalue weighted by Gasteiger charge is -2.08. The molecule has 2 amide bonds. The SMILES string of the molecule is COC(=O)CCNC(=O)Nc1cc(Cl)ccc1Cl. The van der Waals surface area contributed by atoms with Crippen LogP contribution in [-0.4, -0.2) is 25.7 Å². The maximum Gasteiger partial charge on any atom is 0.319 e. The van der Waals surface area contributed by atoms with Crippen LogP contribution in [0.3, 0.4) is 0 Å². The first-order valence-corrected chi connectivity index (χ1v) is 5.85. The van der Waals surface area contributed by atoms with Crippen LogP contribution in [0.4, 0.5) is 10.5 Å². The Balaban J connectivity index is 2.44. The van der Waals surface area contributed by atoms with E-state index in [9.17, 15) is 9.59 Å². The van der Waals surface area contributed by atoms with Gasteiger partial charge in [-0.05, 0) is 18.2 Å². The number of hydrogen-bond acceptors (Lipinski definition) is 3. The molecule has 0 aliphatic carbocycles. The van der Waals surface area contributed by atoms with E-state index < -0.39 is 12.0 Å². The average molecular weight is 291 g/mol. The van der Waals surface area contributed by atoms with Crippen LogP contribution < -0.4 is 10.6 Å². The van der Waals surface area contributed by atoms with Crippen molar-refractivity contribution in [1.82, 2.24) is 5.32 Å². The molecule has 0 unspecified atom stereocenters. The monoisotopic (exact) mass is 290 g/mol. The van der Waals surface area contributed by atoms with E-state index in [0.29, 0.717) is 15.7 Å². The van der Waals surface area contributed by atoms with Crippen molar-refractivity contribution >= 4 is 40.9 Å². The Morgan fingerprint density at radius 1 is 1.33 bits per heavy atom. The molecule has 0 bridgehead atoms. The molecule has 0 atom stereocenters. The van der Waals surface area contributed by atoms with Gasteiger partial charge >= 0.3 is 12.0 Å². The zero-order valence-corrected chi connectivity index (χ0v) is 11.1. The Bertz CT molecular complexity index is 452. The molecule has 0 heterocycles. The van der Waals surface area contributed by atoms with Gasteiger partial charge < -0.3 is 15.4 Å². The van der Waals surface area contributed by atoms with Gasteiger partial charge in [-0.2, -0.15) is 0 Å². The quantitative estimate of drug-likeness (QED) is 0.838. The lowest BCUT2D eigenvalue weighted by Crippen LogP contribution is -2.30. The van der Waals surface area contributed by atoms with Crippen LogP contribution in [0.2, 0.25) is 10.0 Å². The molecule has 1 aromatic rings. The van der Waals surface area contributed by atoms with Gasteiger partial charge in [0.2, 0.25) is 0 Å². The Kier molecular flexibility index (Phi) is 5.74. The standard InChI is InChI=1S/C11H12Cl2N2O3/c1-18-10(16)4-5-14-11(17)15-9-6-7(12)2-3-8(9)13/h2-3,6H,4-5H2,1H3,(H2,14,15,17). The number of nitrogens with one attached hydrogen (secondary N) is 2. The van der Waals surface area contributed by atoms with Gasteiger partial charge in [-0.1, -0.05) is 23.2 Å². The number of carbonyl (C=O) groups is 2. The first-order chi connectivity index (χ1) is 8.52. The van der Waals surface area contributed by atoms with Crippen molar-refractivity contribution in [2.45, 2.75) is 6.42 Å². The fourth-order valence-corrected chi connectivity index (χ4v) is 1.48. The van der Waals surface area contributed by atoms with E-state index in [-0.39, 0.29) is 13.0 Å². The Labute approximate surface area is 114 Å². The molecule has 0 aromatic heterocycles. The number of halogens is 2. The van der Waals surface area contributed by atoms with Crippen molar-refractivity contribution < 1.29 is 14.3 Å². The van der Waals surface area contributed by atoms with E-state index in [1.807, 2.05) is 0 Å². The van der Waals surface area contributed by atoms with Gasteiger partial charge in [-0.25, -0.2) is 4.79 Å². The van der Waals surface area contributed by atoms with Gasteiger partial charge in [0.15, 0.2) is 0 Å². The van der Waals surface area contributed by atoms with Gasteiger partial charge in [0.25, 0.3) is 0 Å². The zero-order chi connectivity index (χ0) is 13.5. The summed E-state index contributed by atoms with van der Waals surface area (Å²) in [6.45, 7) is 0.177. The molecule has 7 heteroatoms. The predicted molar refractivity (Wildman–Crippen MR) is 70.1 cm³/mol. The number of esters is 1. The van der Waals surface area contributed by atoms with Crippen LogP contribution >= 0.6 is 23.2 Å². The summed E-state index contributed by atoms with van der Waals surface area (Å²) in [5.41, 5.74) is 0.403. The summed E-state index contributed by atoms with van der Waals surface area (Å²) in [6, 6.07) is 4.25. The molecule has 18 heavy (non-hydrogen) atoms. The highest BCUT2D eigenvalue weighted by molar-refractivity contribution is 6.35. The fourth-order valence-electron chi connectivity index (χ4n) is 1.14. The first kappa shape index (κ1) is 14.6. The number of anilines is 1.